The maximum absolute atomic E-state index is 11.8. The number of aryl methyl sites for hydroxylation is 1. The highest BCUT2D eigenvalue weighted by Gasteiger charge is 2.06. The van der Waals surface area contributed by atoms with Crippen LogP contribution in [0.2, 0.25) is 0 Å². The number of benzene rings is 1. The van der Waals surface area contributed by atoms with Crippen LogP contribution < -0.4 is 10.6 Å². The van der Waals surface area contributed by atoms with E-state index in [-0.39, 0.29) is 11.8 Å². The summed E-state index contributed by atoms with van der Waals surface area (Å²) in [7, 11) is 0. The minimum Gasteiger partial charge on any atom is -0.356 e. The molecule has 6 nitrogen and oxygen atoms in total. The molecule has 3 rings (SSSR count). The van der Waals surface area contributed by atoms with Crippen LogP contribution >= 0.6 is 11.3 Å². The van der Waals surface area contributed by atoms with E-state index < -0.39 is 0 Å². The van der Waals surface area contributed by atoms with E-state index >= 15 is 0 Å². The van der Waals surface area contributed by atoms with Crippen LogP contribution in [-0.2, 0) is 11.2 Å². The van der Waals surface area contributed by atoms with Crippen molar-refractivity contribution >= 4 is 34.2 Å². The number of hydrogen-bond donors (Lipinski definition) is 3. The average molecular weight is 370 g/mol. The van der Waals surface area contributed by atoms with Crippen LogP contribution in [-0.4, -0.2) is 34.9 Å². The molecule has 0 aliphatic heterocycles. The van der Waals surface area contributed by atoms with Gasteiger partial charge in [-0.25, -0.2) is 4.98 Å². The van der Waals surface area contributed by atoms with Gasteiger partial charge in [0.05, 0.1) is 11.0 Å². The molecule has 0 bridgehead atoms. The van der Waals surface area contributed by atoms with Crippen LogP contribution in [0.15, 0.2) is 41.1 Å². The van der Waals surface area contributed by atoms with Crippen molar-refractivity contribution in [2.45, 2.75) is 25.7 Å². The van der Waals surface area contributed by atoms with Crippen molar-refractivity contribution < 1.29 is 9.59 Å². The largest absolute Gasteiger partial charge is 0.356 e. The lowest BCUT2D eigenvalue weighted by Crippen LogP contribution is -2.28. The number of aromatic amines is 1. The van der Waals surface area contributed by atoms with Crippen molar-refractivity contribution in [2.75, 3.05) is 13.1 Å². The summed E-state index contributed by atoms with van der Waals surface area (Å²) >= 11 is 1.49. The summed E-state index contributed by atoms with van der Waals surface area (Å²) in [6.45, 7) is 1.12. The lowest BCUT2D eigenvalue weighted by molar-refractivity contribution is -0.121. The fourth-order valence-corrected chi connectivity index (χ4v) is 3.28. The van der Waals surface area contributed by atoms with Crippen molar-refractivity contribution in [3.05, 3.63) is 52.5 Å². The predicted molar refractivity (Wildman–Crippen MR) is 103 cm³/mol. The third-order valence-electron chi connectivity index (χ3n) is 4.00. The summed E-state index contributed by atoms with van der Waals surface area (Å²) in [4.78, 5) is 31.4. The molecule has 136 valence electrons. The first-order valence-corrected chi connectivity index (χ1v) is 9.67. The lowest BCUT2D eigenvalue weighted by Gasteiger charge is -2.05. The number of fused-ring (bicyclic) bond motifs is 1. The van der Waals surface area contributed by atoms with Crippen LogP contribution in [0.25, 0.3) is 11.0 Å². The van der Waals surface area contributed by atoms with Crippen LogP contribution in [0.5, 0.6) is 0 Å². The number of carbonyl (C=O) groups excluding carboxylic acids is 2. The Labute approximate surface area is 156 Å². The van der Waals surface area contributed by atoms with E-state index in [0.29, 0.717) is 31.5 Å². The van der Waals surface area contributed by atoms with Gasteiger partial charge in [0.2, 0.25) is 5.91 Å². The van der Waals surface area contributed by atoms with Crippen LogP contribution in [0.3, 0.4) is 0 Å². The molecule has 0 radical (unpaired) electrons. The third-order valence-corrected chi connectivity index (χ3v) is 4.68. The summed E-state index contributed by atoms with van der Waals surface area (Å²) in [5.74, 6) is 0.869. The SMILES string of the molecule is O=C(CCCNC(=O)c1ccsc1)NCCCc1nc2ccccc2[nH]1. The Hall–Kier alpha value is -2.67. The maximum atomic E-state index is 11.8. The first kappa shape index (κ1) is 18.1. The molecule has 7 heteroatoms. The quantitative estimate of drug-likeness (QED) is 0.506. The number of aromatic nitrogens is 2. The van der Waals surface area contributed by atoms with Crippen molar-refractivity contribution in [3.63, 3.8) is 0 Å². The molecule has 26 heavy (non-hydrogen) atoms. The molecule has 0 fully saturated rings. The fourth-order valence-electron chi connectivity index (χ4n) is 2.64. The first-order valence-electron chi connectivity index (χ1n) is 8.73. The molecule has 3 aromatic rings. The monoisotopic (exact) mass is 370 g/mol. The number of imidazole rings is 1. The van der Waals surface area contributed by atoms with Gasteiger partial charge in [0, 0.05) is 36.9 Å². The Morgan fingerprint density at radius 1 is 1.08 bits per heavy atom. The van der Waals surface area contributed by atoms with Gasteiger partial charge < -0.3 is 15.6 Å². The normalized spacial score (nSPS) is 10.8. The highest BCUT2D eigenvalue weighted by molar-refractivity contribution is 7.08. The molecule has 2 heterocycles. The summed E-state index contributed by atoms with van der Waals surface area (Å²) in [6, 6.07) is 9.72. The number of para-hydroxylation sites is 2. The van der Waals surface area contributed by atoms with Crippen molar-refractivity contribution in [3.8, 4) is 0 Å². The Kier molecular flexibility index (Phi) is 6.38. The van der Waals surface area contributed by atoms with E-state index in [4.69, 9.17) is 0 Å². The minimum atomic E-state index is -0.0857. The molecular formula is C19H22N4O2S. The second kappa shape index (κ2) is 9.15. The number of rotatable bonds is 9. The second-order valence-electron chi connectivity index (χ2n) is 6.03. The maximum Gasteiger partial charge on any atom is 0.252 e. The molecule has 0 spiro atoms. The first-order chi connectivity index (χ1) is 12.7. The van der Waals surface area contributed by atoms with Gasteiger partial charge in [0.25, 0.3) is 5.91 Å². The molecule has 0 aliphatic carbocycles. The van der Waals surface area contributed by atoms with E-state index in [2.05, 4.69) is 20.6 Å². The second-order valence-corrected chi connectivity index (χ2v) is 6.81. The van der Waals surface area contributed by atoms with Gasteiger partial charge in [-0.05, 0) is 36.4 Å². The van der Waals surface area contributed by atoms with Crippen LogP contribution in [0.1, 0.15) is 35.4 Å². The number of H-pyrrole nitrogens is 1. The van der Waals surface area contributed by atoms with Crippen LogP contribution in [0.4, 0.5) is 0 Å². The van der Waals surface area contributed by atoms with E-state index in [1.165, 1.54) is 11.3 Å². The Morgan fingerprint density at radius 3 is 2.73 bits per heavy atom. The Bertz CT molecular complexity index is 824. The lowest BCUT2D eigenvalue weighted by atomic mass is 10.2. The Balaban J connectivity index is 1.26. The molecule has 0 saturated carbocycles. The van der Waals surface area contributed by atoms with Crippen molar-refractivity contribution in [1.82, 2.24) is 20.6 Å². The van der Waals surface area contributed by atoms with Gasteiger partial charge in [-0.3, -0.25) is 9.59 Å². The Morgan fingerprint density at radius 2 is 1.92 bits per heavy atom. The number of nitrogens with one attached hydrogen (secondary N) is 3. The van der Waals surface area contributed by atoms with Gasteiger partial charge in [-0.1, -0.05) is 12.1 Å². The minimum absolute atomic E-state index is 0.0133. The van der Waals surface area contributed by atoms with Crippen molar-refractivity contribution in [2.24, 2.45) is 0 Å². The topological polar surface area (TPSA) is 86.9 Å². The number of amides is 2. The zero-order valence-electron chi connectivity index (χ0n) is 14.5. The highest BCUT2D eigenvalue weighted by atomic mass is 32.1. The van der Waals surface area contributed by atoms with E-state index in [0.717, 1.165) is 29.7 Å². The molecule has 0 saturated heterocycles. The number of carbonyl (C=O) groups is 2. The van der Waals surface area contributed by atoms with Gasteiger partial charge in [0.1, 0.15) is 5.82 Å². The van der Waals surface area contributed by atoms with E-state index in [9.17, 15) is 9.59 Å². The van der Waals surface area contributed by atoms with Gasteiger partial charge in [0.15, 0.2) is 0 Å². The van der Waals surface area contributed by atoms with E-state index in [1.54, 1.807) is 6.07 Å². The van der Waals surface area contributed by atoms with E-state index in [1.807, 2.05) is 35.0 Å². The predicted octanol–water partition coefficient (Wildman–Crippen LogP) is 2.88. The molecule has 3 N–H and O–H groups in total. The smallest absolute Gasteiger partial charge is 0.252 e. The molecule has 0 atom stereocenters. The summed E-state index contributed by atoms with van der Waals surface area (Å²) in [5, 5.41) is 9.41. The fraction of sp³-hybridized carbons (Fsp3) is 0.316. The van der Waals surface area contributed by atoms with Gasteiger partial charge >= 0.3 is 0 Å². The molecular weight excluding hydrogens is 348 g/mol. The van der Waals surface area contributed by atoms with Gasteiger partial charge in [-0.2, -0.15) is 11.3 Å². The van der Waals surface area contributed by atoms with Crippen molar-refractivity contribution in [1.29, 1.82) is 0 Å². The molecule has 0 aliphatic rings. The van der Waals surface area contributed by atoms with Crippen LogP contribution in [0, 0.1) is 0 Å². The van der Waals surface area contributed by atoms with Gasteiger partial charge in [-0.15, -0.1) is 0 Å². The molecule has 0 unspecified atom stereocenters. The highest BCUT2D eigenvalue weighted by Crippen LogP contribution is 2.11. The number of hydrogen-bond acceptors (Lipinski definition) is 4. The number of thiophene rings is 1. The molecule has 2 aromatic heterocycles. The third kappa shape index (κ3) is 5.16. The summed E-state index contributed by atoms with van der Waals surface area (Å²) in [6.07, 6.45) is 2.67. The average Bonchev–Trinajstić information content (AvgIpc) is 3.31. The zero-order valence-corrected chi connectivity index (χ0v) is 15.3. The summed E-state index contributed by atoms with van der Waals surface area (Å²) < 4.78 is 0. The molecule has 1 aromatic carbocycles. The standard InChI is InChI=1S/C19H22N4O2S/c24-18(8-4-11-21-19(25)14-9-12-26-13-14)20-10-3-7-17-22-15-5-1-2-6-16(15)23-17/h1-2,5-6,9,12-13H,3-4,7-8,10-11H2,(H,20,24)(H,21,25)(H,22,23). The number of nitrogens with zero attached hydrogens (tertiary/aromatic N) is 1. The zero-order chi connectivity index (χ0) is 18.2. The summed E-state index contributed by atoms with van der Waals surface area (Å²) in [5.41, 5.74) is 2.68. The molecule has 2 amide bonds.